The molecule has 0 saturated carbocycles. The van der Waals surface area contributed by atoms with E-state index in [2.05, 4.69) is 63.4 Å². The van der Waals surface area contributed by atoms with E-state index in [9.17, 15) is 4.79 Å². The van der Waals surface area contributed by atoms with Crippen LogP contribution in [0, 0.1) is 0 Å². The molecule has 0 bridgehead atoms. The molecule has 0 spiro atoms. The average Bonchev–Trinajstić information content (AvgIpc) is 3.65. The van der Waals surface area contributed by atoms with Crippen LogP contribution in [0.4, 0.5) is 5.82 Å². The molecule has 36 heavy (non-hydrogen) atoms. The molecule has 0 atom stereocenters. The van der Waals surface area contributed by atoms with E-state index in [-0.39, 0.29) is 17.3 Å². The Morgan fingerprint density at radius 2 is 2.03 bits per heavy atom. The van der Waals surface area contributed by atoms with Crippen molar-refractivity contribution in [1.82, 2.24) is 60.7 Å². The first-order valence-corrected chi connectivity index (χ1v) is 11.1. The largest absolute Gasteiger partial charge is 0.378 e. The molecule has 3 N–H and O–H groups in total. The molecular formula is C20H24N14O2. The lowest BCUT2D eigenvalue weighted by Gasteiger charge is -2.32. The number of carbonyl (C=O) groups excluding carboxylic acids is 1. The topological polar surface area (TPSA) is 187 Å². The van der Waals surface area contributed by atoms with Crippen LogP contribution >= 0.6 is 0 Å². The van der Waals surface area contributed by atoms with Crippen molar-refractivity contribution in [3.63, 3.8) is 0 Å². The second kappa shape index (κ2) is 9.96. The number of nitrogens with two attached hydrogens (primary N) is 1. The third-order valence-corrected chi connectivity index (χ3v) is 5.81. The number of rotatable bonds is 7. The van der Waals surface area contributed by atoms with Gasteiger partial charge in [0.05, 0.1) is 17.1 Å². The molecule has 1 aromatic carbocycles. The first-order chi connectivity index (χ1) is 17.5. The molecule has 3 aromatic heterocycles. The van der Waals surface area contributed by atoms with Crippen LogP contribution in [0.15, 0.2) is 40.3 Å². The van der Waals surface area contributed by atoms with Gasteiger partial charge in [-0.3, -0.25) is 9.69 Å². The molecule has 16 heteroatoms. The first kappa shape index (κ1) is 23.2. The highest BCUT2D eigenvalue weighted by Crippen LogP contribution is 2.18. The Bertz CT molecular complexity index is 1370. The minimum absolute atomic E-state index is 0.0436. The lowest BCUT2D eigenvalue weighted by atomic mass is 10.1. The number of tetrazole rings is 1. The van der Waals surface area contributed by atoms with E-state index in [0.29, 0.717) is 23.6 Å². The predicted molar refractivity (Wildman–Crippen MR) is 125 cm³/mol. The monoisotopic (exact) mass is 492 g/mol. The van der Waals surface area contributed by atoms with Crippen LogP contribution in [0.3, 0.4) is 0 Å². The van der Waals surface area contributed by atoms with Crippen molar-refractivity contribution in [3.8, 4) is 11.5 Å². The van der Waals surface area contributed by atoms with E-state index in [1.54, 1.807) is 6.92 Å². The van der Waals surface area contributed by atoms with Gasteiger partial charge in [-0.2, -0.15) is 9.78 Å². The molecular weight excluding hydrogens is 468 g/mol. The number of amides is 1. The Balaban J connectivity index is 1.38. The van der Waals surface area contributed by atoms with Gasteiger partial charge in [-0.15, -0.1) is 20.1 Å². The maximum Gasteiger partial charge on any atom is 0.293 e. The fourth-order valence-corrected chi connectivity index (χ4v) is 3.74. The van der Waals surface area contributed by atoms with Gasteiger partial charge in [-0.25, -0.2) is 10.1 Å². The Kier molecular flexibility index (Phi) is 6.42. The lowest BCUT2D eigenvalue weighted by molar-refractivity contribution is 0.0945. The highest BCUT2D eigenvalue weighted by Gasteiger charge is 2.26. The number of hydrogen-bond acceptors (Lipinski definition) is 13. The van der Waals surface area contributed by atoms with E-state index < -0.39 is 5.91 Å². The summed E-state index contributed by atoms with van der Waals surface area (Å²) in [4.78, 5) is 19.0. The van der Waals surface area contributed by atoms with Gasteiger partial charge in [-0.05, 0) is 47.2 Å². The van der Waals surface area contributed by atoms with Crippen LogP contribution in [0.25, 0.3) is 11.5 Å². The zero-order chi connectivity index (χ0) is 25.1. The summed E-state index contributed by atoms with van der Waals surface area (Å²) in [6.45, 7) is 5.64. The molecule has 1 amide bonds. The molecule has 4 heterocycles. The molecule has 5 rings (SSSR count). The smallest absolute Gasteiger partial charge is 0.293 e. The number of nitrogens with zero attached hydrogens (tertiary/aromatic N) is 12. The molecule has 0 aliphatic carbocycles. The second-order valence-corrected chi connectivity index (χ2v) is 8.26. The number of nitrogen functional groups attached to an aromatic ring is 1. The van der Waals surface area contributed by atoms with Crippen molar-refractivity contribution in [2.75, 3.05) is 39.0 Å². The summed E-state index contributed by atoms with van der Waals surface area (Å²) in [5.41, 5.74) is 11.1. The van der Waals surface area contributed by atoms with Gasteiger partial charge in [0, 0.05) is 32.7 Å². The van der Waals surface area contributed by atoms with E-state index in [0.717, 1.165) is 31.7 Å². The highest BCUT2D eigenvalue weighted by molar-refractivity contribution is 6.01. The van der Waals surface area contributed by atoms with Gasteiger partial charge in [0.2, 0.25) is 11.6 Å². The number of anilines is 1. The molecule has 186 valence electrons. The van der Waals surface area contributed by atoms with E-state index >= 15 is 0 Å². The number of benzene rings is 1. The Labute approximate surface area is 204 Å². The number of hydrazone groups is 1. The summed E-state index contributed by atoms with van der Waals surface area (Å²) in [6.07, 6.45) is 1.35. The molecule has 16 nitrogen and oxygen atoms in total. The Morgan fingerprint density at radius 3 is 2.75 bits per heavy atom. The number of piperazine rings is 1. The molecule has 1 aliphatic rings. The summed E-state index contributed by atoms with van der Waals surface area (Å²) in [7, 11) is 2.07. The summed E-state index contributed by atoms with van der Waals surface area (Å²) >= 11 is 0. The van der Waals surface area contributed by atoms with Gasteiger partial charge >= 0.3 is 0 Å². The predicted octanol–water partition coefficient (Wildman–Crippen LogP) is -0.890. The van der Waals surface area contributed by atoms with Crippen LogP contribution in [-0.2, 0) is 6.54 Å². The van der Waals surface area contributed by atoms with Crippen molar-refractivity contribution in [3.05, 3.63) is 47.5 Å². The third kappa shape index (κ3) is 4.80. The molecule has 0 radical (unpaired) electrons. The van der Waals surface area contributed by atoms with Crippen molar-refractivity contribution < 1.29 is 9.42 Å². The quantitative estimate of drug-likeness (QED) is 0.240. The van der Waals surface area contributed by atoms with E-state index in [1.165, 1.54) is 15.8 Å². The number of likely N-dealkylation sites (N-methyl/N-ethyl adjacent to an activating group) is 1. The first-order valence-electron chi connectivity index (χ1n) is 11.1. The van der Waals surface area contributed by atoms with Crippen molar-refractivity contribution in [2.45, 2.75) is 13.5 Å². The van der Waals surface area contributed by atoms with Crippen LogP contribution in [0.2, 0.25) is 0 Å². The van der Waals surface area contributed by atoms with Crippen molar-refractivity contribution in [2.24, 2.45) is 5.10 Å². The summed E-state index contributed by atoms with van der Waals surface area (Å²) in [5, 5.41) is 31.5. The van der Waals surface area contributed by atoms with Crippen LogP contribution < -0.4 is 11.2 Å². The molecule has 0 unspecified atom stereocenters. The molecule has 1 aliphatic heterocycles. The van der Waals surface area contributed by atoms with Crippen LogP contribution in [0.1, 0.15) is 28.7 Å². The summed E-state index contributed by atoms with van der Waals surface area (Å²) in [6, 6.07) is 7.37. The SMILES string of the molecule is C/C(=N/NC(=O)c1nnn(-c2nonc2N)c1CN1CCN(C)CC1)c1cccc(-n2ncnn2)c1. The van der Waals surface area contributed by atoms with Gasteiger partial charge < -0.3 is 10.6 Å². The van der Waals surface area contributed by atoms with E-state index in [1.807, 2.05) is 24.3 Å². The Hall–Kier alpha value is -4.57. The molecule has 4 aromatic rings. The number of aromatic nitrogens is 9. The zero-order valence-corrected chi connectivity index (χ0v) is 19.7. The molecule has 1 fully saturated rings. The average molecular weight is 493 g/mol. The second-order valence-electron chi connectivity index (χ2n) is 8.26. The molecule has 1 saturated heterocycles. The number of carbonyl (C=O) groups is 1. The Morgan fingerprint density at radius 1 is 1.19 bits per heavy atom. The maximum absolute atomic E-state index is 13.1. The van der Waals surface area contributed by atoms with Crippen LogP contribution in [-0.4, -0.2) is 100 Å². The number of nitrogens with one attached hydrogen (secondary N) is 1. The lowest BCUT2D eigenvalue weighted by Crippen LogP contribution is -2.44. The van der Waals surface area contributed by atoms with Gasteiger partial charge in [0.15, 0.2) is 12.0 Å². The van der Waals surface area contributed by atoms with Gasteiger partial charge in [0.25, 0.3) is 5.91 Å². The van der Waals surface area contributed by atoms with Crippen molar-refractivity contribution in [1.29, 1.82) is 0 Å². The fourth-order valence-electron chi connectivity index (χ4n) is 3.74. The summed E-state index contributed by atoms with van der Waals surface area (Å²) < 4.78 is 6.10. The number of hydrogen-bond donors (Lipinski definition) is 2. The third-order valence-electron chi connectivity index (χ3n) is 5.81. The van der Waals surface area contributed by atoms with E-state index in [4.69, 9.17) is 10.4 Å². The normalized spacial score (nSPS) is 15.3. The minimum atomic E-state index is -0.520. The minimum Gasteiger partial charge on any atom is -0.378 e. The van der Waals surface area contributed by atoms with Gasteiger partial charge in [-0.1, -0.05) is 17.3 Å². The standard InChI is InChI=1S/C20H24N14O2/c1-13(14-4-3-5-15(10-14)34-23-12-22-29-34)24-26-20(35)17-16(11-32-8-6-31(2)7-9-32)33(30-25-17)19-18(21)27-36-28-19/h3-5,10,12H,6-9,11H2,1-2H3,(H2,21,27)(H,26,35)/b24-13-. The van der Waals surface area contributed by atoms with Crippen molar-refractivity contribution >= 4 is 17.4 Å². The van der Waals surface area contributed by atoms with Gasteiger partial charge in [0.1, 0.15) is 0 Å². The van der Waals surface area contributed by atoms with Crippen LogP contribution in [0.5, 0.6) is 0 Å². The summed E-state index contributed by atoms with van der Waals surface area (Å²) in [5.74, 6) is -0.306. The maximum atomic E-state index is 13.1. The zero-order valence-electron chi connectivity index (χ0n) is 19.7. The fraction of sp³-hybridized carbons (Fsp3) is 0.350. The highest BCUT2D eigenvalue weighted by atomic mass is 16.6.